The zero-order valence-corrected chi connectivity index (χ0v) is 8.85. The lowest BCUT2D eigenvalue weighted by Gasteiger charge is -2.22. The molecule has 0 fully saturated rings. The van der Waals surface area contributed by atoms with Crippen LogP contribution in [0.5, 0.6) is 5.75 Å². The third-order valence-corrected chi connectivity index (χ3v) is 1.68. The Morgan fingerprint density at radius 3 is 2.46 bits per heavy atom. The molecule has 0 aliphatic heterocycles. The zero-order valence-electron chi connectivity index (χ0n) is 8.10. The van der Waals surface area contributed by atoms with Crippen LogP contribution < -0.4 is 10.5 Å². The molecule has 1 aromatic rings. The predicted molar refractivity (Wildman–Crippen MR) is 56.2 cm³/mol. The Morgan fingerprint density at radius 1 is 1.31 bits per heavy atom. The van der Waals surface area contributed by atoms with Gasteiger partial charge in [-0.2, -0.15) is 0 Å². The highest BCUT2D eigenvalue weighted by Crippen LogP contribution is 2.29. The van der Waals surface area contributed by atoms with Gasteiger partial charge < -0.3 is 10.5 Å². The van der Waals surface area contributed by atoms with E-state index in [1.165, 1.54) is 0 Å². The van der Waals surface area contributed by atoms with Crippen LogP contribution in [0, 0.1) is 0 Å². The Hall–Kier alpha value is -0.890. The second-order valence-electron chi connectivity index (χ2n) is 3.90. The van der Waals surface area contributed by atoms with E-state index in [9.17, 15) is 0 Å². The molecule has 1 rings (SSSR count). The fourth-order valence-corrected chi connectivity index (χ4v) is 1.08. The molecule has 0 saturated carbocycles. The average molecular weight is 200 g/mol. The molecule has 3 heteroatoms. The lowest BCUT2D eigenvalue weighted by Crippen LogP contribution is -2.23. The van der Waals surface area contributed by atoms with Gasteiger partial charge >= 0.3 is 0 Å². The number of hydrogen-bond donors (Lipinski definition) is 1. The Kier molecular flexibility index (Phi) is 2.71. The van der Waals surface area contributed by atoms with Crippen LogP contribution in [0.4, 0.5) is 5.69 Å². The van der Waals surface area contributed by atoms with Crippen LogP contribution >= 0.6 is 11.6 Å². The number of nitrogens with two attached hydrogens (primary N) is 1. The molecule has 13 heavy (non-hydrogen) atoms. The summed E-state index contributed by atoms with van der Waals surface area (Å²) in [5, 5.41) is 0.587. The van der Waals surface area contributed by atoms with E-state index < -0.39 is 0 Å². The van der Waals surface area contributed by atoms with Gasteiger partial charge in [0.05, 0.1) is 5.02 Å². The van der Waals surface area contributed by atoms with Gasteiger partial charge in [0, 0.05) is 11.8 Å². The van der Waals surface area contributed by atoms with Crippen molar-refractivity contribution in [2.75, 3.05) is 5.73 Å². The minimum atomic E-state index is -0.253. The second kappa shape index (κ2) is 3.46. The number of ether oxygens (including phenoxy) is 1. The maximum Gasteiger partial charge on any atom is 0.140 e. The largest absolute Gasteiger partial charge is 0.487 e. The second-order valence-corrected chi connectivity index (χ2v) is 4.31. The summed E-state index contributed by atoms with van der Waals surface area (Å²) < 4.78 is 5.60. The van der Waals surface area contributed by atoms with Crippen molar-refractivity contribution in [2.45, 2.75) is 26.4 Å². The maximum atomic E-state index is 5.92. The van der Waals surface area contributed by atoms with E-state index in [1.54, 1.807) is 18.2 Å². The number of nitrogen functional groups attached to an aromatic ring is 1. The summed E-state index contributed by atoms with van der Waals surface area (Å²) in [5.74, 6) is 0.633. The first-order valence-electron chi connectivity index (χ1n) is 4.12. The summed E-state index contributed by atoms with van der Waals surface area (Å²) >= 11 is 5.92. The summed E-state index contributed by atoms with van der Waals surface area (Å²) in [5.41, 5.74) is 6.01. The highest BCUT2D eigenvalue weighted by atomic mass is 35.5. The fourth-order valence-electron chi connectivity index (χ4n) is 0.928. The van der Waals surface area contributed by atoms with Crippen LogP contribution in [0.15, 0.2) is 18.2 Å². The van der Waals surface area contributed by atoms with Gasteiger partial charge in [-0.3, -0.25) is 0 Å². The van der Waals surface area contributed by atoms with Crippen molar-refractivity contribution in [3.8, 4) is 5.75 Å². The van der Waals surface area contributed by atoms with Gasteiger partial charge in [-0.15, -0.1) is 0 Å². The van der Waals surface area contributed by atoms with E-state index in [-0.39, 0.29) is 5.60 Å². The number of hydrogen-bond acceptors (Lipinski definition) is 2. The van der Waals surface area contributed by atoms with Gasteiger partial charge in [0.2, 0.25) is 0 Å². The van der Waals surface area contributed by atoms with Crippen molar-refractivity contribution in [1.29, 1.82) is 0 Å². The summed E-state index contributed by atoms with van der Waals surface area (Å²) in [6.07, 6.45) is 0. The van der Waals surface area contributed by atoms with E-state index >= 15 is 0 Å². The van der Waals surface area contributed by atoms with Crippen LogP contribution in [-0.2, 0) is 0 Å². The van der Waals surface area contributed by atoms with Crippen molar-refractivity contribution in [2.24, 2.45) is 0 Å². The molecular weight excluding hydrogens is 186 g/mol. The van der Waals surface area contributed by atoms with Crippen molar-refractivity contribution < 1.29 is 4.74 Å². The molecule has 0 radical (unpaired) electrons. The number of benzene rings is 1. The summed E-state index contributed by atoms with van der Waals surface area (Å²) in [4.78, 5) is 0. The molecule has 0 bridgehead atoms. The van der Waals surface area contributed by atoms with Crippen LogP contribution in [-0.4, -0.2) is 5.60 Å². The van der Waals surface area contributed by atoms with Crippen LogP contribution in [0.1, 0.15) is 20.8 Å². The molecule has 0 aromatic heterocycles. The number of rotatable bonds is 1. The van der Waals surface area contributed by atoms with Crippen LogP contribution in [0.2, 0.25) is 5.02 Å². The van der Waals surface area contributed by atoms with Gasteiger partial charge in [-0.25, -0.2) is 0 Å². The molecule has 0 unspecified atom stereocenters. The SMILES string of the molecule is CC(C)(C)Oc1cc(N)ccc1Cl. The van der Waals surface area contributed by atoms with Gasteiger partial charge in [0.15, 0.2) is 0 Å². The first-order valence-corrected chi connectivity index (χ1v) is 4.50. The van der Waals surface area contributed by atoms with E-state index in [4.69, 9.17) is 22.1 Å². The summed E-state index contributed by atoms with van der Waals surface area (Å²) in [6, 6.07) is 5.21. The quantitative estimate of drug-likeness (QED) is 0.706. The molecule has 0 aliphatic rings. The Balaban J connectivity index is 2.94. The van der Waals surface area contributed by atoms with E-state index in [1.807, 2.05) is 20.8 Å². The normalized spacial score (nSPS) is 11.4. The minimum Gasteiger partial charge on any atom is -0.487 e. The smallest absolute Gasteiger partial charge is 0.140 e. The molecule has 0 atom stereocenters. The Labute approximate surface area is 83.6 Å². The van der Waals surface area contributed by atoms with Gasteiger partial charge in [0.1, 0.15) is 11.4 Å². The fraction of sp³-hybridized carbons (Fsp3) is 0.400. The Bertz CT molecular complexity index is 304. The molecular formula is C10H14ClNO. The topological polar surface area (TPSA) is 35.2 Å². The molecule has 2 nitrogen and oxygen atoms in total. The molecule has 0 amide bonds. The lowest BCUT2D eigenvalue weighted by atomic mass is 10.2. The first-order chi connectivity index (χ1) is 5.88. The van der Waals surface area contributed by atoms with Gasteiger partial charge in [0.25, 0.3) is 0 Å². The summed E-state index contributed by atoms with van der Waals surface area (Å²) in [7, 11) is 0. The first kappa shape index (κ1) is 10.2. The monoisotopic (exact) mass is 199 g/mol. The molecule has 0 spiro atoms. The molecule has 0 aliphatic carbocycles. The number of halogens is 1. The highest BCUT2D eigenvalue weighted by Gasteiger charge is 2.13. The minimum absolute atomic E-state index is 0.253. The summed E-state index contributed by atoms with van der Waals surface area (Å²) in [6.45, 7) is 5.89. The maximum absolute atomic E-state index is 5.92. The zero-order chi connectivity index (χ0) is 10.1. The molecule has 72 valence electrons. The third-order valence-electron chi connectivity index (χ3n) is 1.37. The van der Waals surface area contributed by atoms with Gasteiger partial charge in [-0.05, 0) is 32.9 Å². The molecule has 1 aromatic carbocycles. The van der Waals surface area contributed by atoms with E-state index in [2.05, 4.69) is 0 Å². The number of anilines is 1. The predicted octanol–water partition coefficient (Wildman–Crippen LogP) is 3.10. The molecule has 0 saturated heterocycles. The van der Waals surface area contributed by atoms with Crippen molar-refractivity contribution in [1.82, 2.24) is 0 Å². The van der Waals surface area contributed by atoms with Crippen molar-refractivity contribution in [3.63, 3.8) is 0 Å². The van der Waals surface area contributed by atoms with Crippen molar-refractivity contribution in [3.05, 3.63) is 23.2 Å². The highest BCUT2D eigenvalue weighted by molar-refractivity contribution is 6.32. The van der Waals surface area contributed by atoms with Crippen molar-refractivity contribution >= 4 is 17.3 Å². The van der Waals surface area contributed by atoms with Crippen LogP contribution in [0.25, 0.3) is 0 Å². The average Bonchev–Trinajstić information content (AvgIpc) is 1.94. The third kappa shape index (κ3) is 3.15. The molecule has 2 N–H and O–H groups in total. The molecule has 0 heterocycles. The van der Waals surface area contributed by atoms with Crippen LogP contribution in [0.3, 0.4) is 0 Å². The lowest BCUT2D eigenvalue weighted by molar-refractivity contribution is 0.131. The van der Waals surface area contributed by atoms with E-state index in [0.29, 0.717) is 16.5 Å². The van der Waals surface area contributed by atoms with E-state index in [0.717, 1.165) is 0 Å². The van der Waals surface area contributed by atoms with Gasteiger partial charge in [-0.1, -0.05) is 11.6 Å². The standard InChI is InChI=1S/C10H14ClNO/c1-10(2,3)13-9-6-7(12)4-5-8(9)11/h4-6H,12H2,1-3H3. The Morgan fingerprint density at radius 2 is 1.92 bits per heavy atom.